The Morgan fingerprint density at radius 1 is 0.324 bits per heavy atom. The molecular weight excluding hydrogens is 406 g/mol. The Morgan fingerprint density at radius 2 is 0.676 bits per heavy atom. The predicted octanol–water partition coefficient (Wildman–Crippen LogP) is 3.30. The molecule has 152 valence electrons. The third-order valence-electron chi connectivity index (χ3n) is 8.56. The molecule has 3 aliphatic rings. The van der Waals surface area contributed by atoms with Crippen LogP contribution < -0.4 is 32.8 Å². The fourth-order valence-corrected chi connectivity index (χ4v) is 7.41. The molecule has 0 N–H and O–H groups in total. The van der Waals surface area contributed by atoms with Crippen LogP contribution >= 0.6 is 0 Å². The molecule has 0 nitrogen and oxygen atoms in total. The van der Waals surface area contributed by atoms with Gasteiger partial charge in [0.15, 0.2) is 0 Å². The average molecular weight is 424 g/mol. The van der Waals surface area contributed by atoms with Crippen LogP contribution in [0.4, 0.5) is 0 Å². The Balaban J connectivity index is 1.52. The highest BCUT2D eigenvalue weighted by Gasteiger charge is 2.45. The van der Waals surface area contributed by atoms with E-state index in [0.717, 1.165) is 0 Å². The fraction of sp³-hybridized carbons (Fsp3) is 0. The zero-order chi connectivity index (χ0) is 22.0. The summed E-state index contributed by atoms with van der Waals surface area (Å²) < 4.78 is 0. The molecule has 0 amide bonds. The van der Waals surface area contributed by atoms with Crippen molar-refractivity contribution in [3.05, 3.63) is 109 Å². The van der Waals surface area contributed by atoms with Gasteiger partial charge in [-0.05, 0) is 43.8 Å². The minimum absolute atomic E-state index is 0.278. The first-order valence-electron chi connectivity index (χ1n) is 12.2. The van der Waals surface area contributed by atoms with Gasteiger partial charge in [-0.25, -0.2) is 0 Å². The standard InChI is InChI=1S/C32H18B2/c1-7-19-9-3-15-25-29(19)21(11-1)23-13-5-17-27-31(23)33(25)28-18-6-14-24-22-12-2-8-20-10-4-16-26(30(20)22)34(27)32(24)28/h1-18H. The zero-order valence-electron chi connectivity index (χ0n) is 18.5. The molecule has 6 aromatic carbocycles. The van der Waals surface area contributed by atoms with E-state index in [4.69, 9.17) is 0 Å². The maximum Gasteiger partial charge on any atom is 0.241 e. The van der Waals surface area contributed by atoms with Gasteiger partial charge in [0.05, 0.1) is 0 Å². The number of fused-ring (bicyclic) bond motifs is 6. The van der Waals surface area contributed by atoms with Gasteiger partial charge in [-0.2, -0.15) is 0 Å². The van der Waals surface area contributed by atoms with Crippen LogP contribution in [0.1, 0.15) is 0 Å². The number of hydrogen-bond acceptors (Lipinski definition) is 0. The van der Waals surface area contributed by atoms with E-state index in [-0.39, 0.29) is 13.4 Å². The van der Waals surface area contributed by atoms with Crippen molar-refractivity contribution in [3.63, 3.8) is 0 Å². The predicted molar refractivity (Wildman–Crippen MR) is 148 cm³/mol. The van der Waals surface area contributed by atoms with Crippen molar-refractivity contribution in [2.45, 2.75) is 0 Å². The summed E-state index contributed by atoms with van der Waals surface area (Å²) in [5.74, 6) is 0. The topological polar surface area (TPSA) is 0 Å². The van der Waals surface area contributed by atoms with E-state index >= 15 is 0 Å². The van der Waals surface area contributed by atoms with Gasteiger partial charge in [0.25, 0.3) is 0 Å². The summed E-state index contributed by atoms with van der Waals surface area (Å²) in [5.41, 5.74) is 14.5. The maximum absolute atomic E-state index is 2.40. The van der Waals surface area contributed by atoms with Gasteiger partial charge in [0.2, 0.25) is 13.4 Å². The fourth-order valence-electron chi connectivity index (χ4n) is 7.41. The van der Waals surface area contributed by atoms with Crippen LogP contribution in [0.15, 0.2) is 109 Å². The van der Waals surface area contributed by atoms with Crippen molar-refractivity contribution in [2.75, 3.05) is 0 Å². The Morgan fingerprint density at radius 3 is 1.15 bits per heavy atom. The van der Waals surface area contributed by atoms with Crippen LogP contribution in [-0.2, 0) is 0 Å². The molecule has 0 aliphatic carbocycles. The van der Waals surface area contributed by atoms with E-state index in [1.54, 1.807) is 0 Å². The molecular formula is C32H18B2. The van der Waals surface area contributed by atoms with Gasteiger partial charge in [-0.15, -0.1) is 0 Å². The van der Waals surface area contributed by atoms with E-state index in [0.29, 0.717) is 0 Å². The molecule has 3 aliphatic heterocycles. The molecule has 6 aromatic rings. The molecule has 9 rings (SSSR count). The number of benzene rings is 6. The summed E-state index contributed by atoms with van der Waals surface area (Å²) in [4.78, 5) is 0. The monoisotopic (exact) mass is 424 g/mol. The molecule has 0 aromatic heterocycles. The largest absolute Gasteiger partial charge is 0.241 e. The lowest BCUT2D eigenvalue weighted by Gasteiger charge is -2.40. The molecule has 0 fully saturated rings. The second-order valence-corrected chi connectivity index (χ2v) is 9.98. The minimum Gasteiger partial charge on any atom is -0.0727 e. The Bertz CT molecular complexity index is 1730. The van der Waals surface area contributed by atoms with Crippen LogP contribution in [0.5, 0.6) is 0 Å². The molecule has 0 saturated carbocycles. The number of hydrogen-bond donors (Lipinski definition) is 0. The molecule has 0 saturated heterocycles. The lowest BCUT2D eigenvalue weighted by Crippen LogP contribution is -2.76. The molecule has 3 heterocycles. The second-order valence-electron chi connectivity index (χ2n) is 9.98. The Kier molecular flexibility index (Phi) is 3.03. The van der Waals surface area contributed by atoms with E-state index in [9.17, 15) is 0 Å². The molecule has 0 radical (unpaired) electrons. The number of rotatable bonds is 0. The third-order valence-corrected chi connectivity index (χ3v) is 8.56. The first kappa shape index (κ1) is 17.4. The van der Waals surface area contributed by atoms with E-state index in [2.05, 4.69) is 109 Å². The van der Waals surface area contributed by atoms with Gasteiger partial charge < -0.3 is 0 Å². The van der Waals surface area contributed by atoms with Gasteiger partial charge >= 0.3 is 0 Å². The Hall–Kier alpha value is -4.03. The van der Waals surface area contributed by atoms with Crippen LogP contribution in [0.25, 0.3) is 43.8 Å². The lowest BCUT2D eigenvalue weighted by atomic mass is 9.18. The first-order chi connectivity index (χ1) is 16.9. The van der Waals surface area contributed by atoms with Gasteiger partial charge in [0, 0.05) is 0 Å². The quantitative estimate of drug-likeness (QED) is 0.328. The summed E-state index contributed by atoms with van der Waals surface area (Å²) in [5, 5.41) is 5.53. The van der Waals surface area contributed by atoms with Crippen molar-refractivity contribution < 1.29 is 0 Å². The SMILES string of the molecule is c1cc2c3c(c1)-c1cccc4cccc(c14)B3c1cccc3c1B2c1cccc2cccc-3c12. The summed E-state index contributed by atoms with van der Waals surface area (Å²) in [6, 6.07) is 41.4. The highest BCUT2D eigenvalue weighted by Crippen LogP contribution is 2.34. The first-order valence-corrected chi connectivity index (χ1v) is 12.2. The van der Waals surface area contributed by atoms with Crippen LogP contribution in [0.3, 0.4) is 0 Å². The van der Waals surface area contributed by atoms with Crippen molar-refractivity contribution in [3.8, 4) is 22.3 Å². The average Bonchev–Trinajstić information content (AvgIpc) is 2.90. The highest BCUT2D eigenvalue weighted by atomic mass is 14.3. The molecule has 0 atom stereocenters. The van der Waals surface area contributed by atoms with E-state index < -0.39 is 0 Å². The Labute approximate surface area is 199 Å². The van der Waals surface area contributed by atoms with Crippen LogP contribution in [0.2, 0.25) is 0 Å². The van der Waals surface area contributed by atoms with Gasteiger partial charge in [-0.1, -0.05) is 142 Å². The van der Waals surface area contributed by atoms with Crippen LogP contribution in [-0.4, -0.2) is 13.4 Å². The molecule has 0 unspecified atom stereocenters. The van der Waals surface area contributed by atoms with E-state index in [1.165, 1.54) is 76.6 Å². The molecule has 34 heavy (non-hydrogen) atoms. The van der Waals surface area contributed by atoms with Crippen molar-refractivity contribution in [1.82, 2.24) is 0 Å². The van der Waals surface area contributed by atoms with E-state index in [1.807, 2.05) is 0 Å². The molecule has 0 spiro atoms. The zero-order valence-corrected chi connectivity index (χ0v) is 18.5. The van der Waals surface area contributed by atoms with Gasteiger partial charge in [0.1, 0.15) is 0 Å². The lowest BCUT2D eigenvalue weighted by molar-refractivity contribution is 1.65. The second kappa shape index (κ2) is 5.90. The highest BCUT2D eigenvalue weighted by molar-refractivity contribution is 7.14. The third kappa shape index (κ3) is 1.88. The summed E-state index contributed by atoms with van der Waals surface area (Å²) in [7, 11) is 0. The maximum atomic E-state index is 2.40. The summed E-state index contributed by atoms with van der Waals surface area (Å²) in [6.07, 6.45) is 0. The van der Waals surface area contributed by atoms with Crippen molar-refractivity contribution in [1.29, 1.82) is 0 Å². The summed E-state index contributed by atoms with van der Waals surface area (Å²) >= 11 is 0. The van der Waals surface area contributed by atoms with Gasteiger partial charge in [-0.3, -0.25) is 0 Å². The van der Waals surface area contributed by atoms with Crippen molar-refractivity contribution in [2.24, 2.45) is 0 Å². The summed E-state index contributed by atoms with van der Waals surface area (Å²) in [6.45, 7) is 0.556. The normalized spacial score (nSPS) is 13.8. The molecule has 2 heteroatoms. The minimum atomic E-state index is 0.278. The molecule has 0 bridgehead atoms. The van der Waals surface area contributed by atoms with Crippen LogP contribution in [0, 0.1) is 0 Å². The van der Waals surface area contributed by atoms with Crippen molar-refractivity contribution >= 4 is 67.7 Å². The smallest absolute Gasteiger partial charge is 0.0727 e.